The average Bonchev–Trinajstić information content (AvgIpc) is 3.30. The molecule has 1 amide bonds. The van der Waals surface area contributed by atoms with Crippen LogP contribution < -0.4 is 20.7 Å². The van der Waals surface area contributed by atoms with Gasteiger partial charge in [0.25, 0.3) is 5.91 Å². The molecule has 0 spiro atoms. The lowest BCUT2D eigenvalue weighted by molar-refractivity contribution is -0.140. The van der Waals surface area contributed by atoms with Crippen molar-refractivity contribution in [2.45, 2.75) is 50.5 Å². The molecule has 7 nitrogen and oxygen atoms in total. The quantitative estimate of drug-likeness (QED) is 0.211. The van der Waals surface area contributed by atoms with Gasteiger partial charge < -0.3 is 30.2 Å². The first-order valence-electron chi connectivity index (χ1n) is 14.0. The van der Waals surface area contributed by atoms with Gasteiger partial charge in [0.1, 0.15) is 25.6 Å². The Kier molecular flexibility index (Phi) is 10.2. The summed E-state index contributed by atoms with van der Waals surface area (Å²) in [6, 6.07) is 12.5. The molecule has 0 unspecified atom stereocenters. The summed E-state index contributed by atoms with van der Waals surface area (Å²) in [6.45, 7) is -1.98. The van der Waals surface area contributed by atoms with Crippen LogP contribution in [0, 0.1) is 11.8 Å². The summed E-state index contributed by atoms with van der Waals surface area (Å²) in [5.41, 5.74) is 2.34. The van der Waals surface area contributed by atoms with Crippen molar-refractivity contribution in [3.63, 3.8) is 0 Å². The van der Waals surface area contributed by atoms with Gasteiger partial charge >= 0.3 is 6.18 Å². The van der Waals surface area contributed by atoms with Crippen LogP contribution in [-0.4, -0.2) is 74.6 Å². The summed E-state index contributed by atoms with van der Waals surface area (Å²) < 4.78 is 60.2. The predicted octanol–water partition coefficient (Wildman–Crippen LogP) is 5.66. The van der Waals surface area contributed by atoms with E-state index in [-0.39, 0.29) is 36.5 Å². The van der Waals surface area contributed by atoms with Crippen molar-refractivity contribution in [2.24, 2.45) is 0 Å². The van der Waals surface area contributed by atoms with E-state index in [0.717, 1.165) is 31.4 Å². The van der Waals surface area contributed by atoms with Gasteiger partial charge in [0.05, 0.1) is 23.4 Å². The Morgan fingerprint density at radius 1 is 1.10 bits per heavy atom. The number of ether oxygens (including phenoxy) is 1. The number of carbonyl (C=O) groups is 1. The Morgan fingerprint density at radius 3 is 2.52 bits per heavy atom. The van der Waals surface area contributed by atoms with Crippen molar-refractivity contribution in [3.8, 4) is 17.6 Å². The van der Waals surface area contributed by atoms with Gasteiger partial charge in [0.15, 0.2) is 0 Å². The molecule has 0 saturated heterocycles. The molecule has 42 heavy (non-hydrogen) atoms. The lowest BCUT2D eigenvalue weighted by atomic mass is 9.90. The van der Waals surface area contributed by atoms with E-state index in [0.29, 0.717) is 28.2 Å². The molecule has 0 bridgehead atoms. The Morgan fingerprint density at radius 2 is 1.86 bits per heavy atom. The number of fused-ring (bicyclic) bond motifs is 1. The molecule has 1 heterocycles. The number of hydrogen-bond acceptors (Lipinski definition) is 5. The zero-order valence-corrected chi connectivity index (χ0v) is 24.1. The van der Waals surface area contributed by atoms with Crippen LogP contribution in [-0.2, 0) is 6.54 Å². The fourth-order valence-corrected chi connectivity index (χ4v) is 5.32. The molecule has 1 saturated carbocycles. The zero-order valence-electron chi connectivity index (χ0n) is 24.1. The van der Waals surface area contributed by atoms with Gasteiger partial charge in [-0.2, -0.15) is 13.2 Å². The van der Waals surface area contributed by atoms with Crippen molar-refractivity contribution in [3.05, 3.63) is 53.7 Å². The number of amides is 1. The van der Waals surface area contributed by atoms with E-state index in [2.05, 4.69) is 46.8 Å². The summed E-state index contributed by atoms with van der Waals surface area (Å²) in [5.74, 6) is 5.76. The molecule has 3 aromatic rings. The van der Waals surface area contributed by atoms with Gasteiger partial charge in [-0.25, -0.2) is 4.39 Å². The highest BCUT2D eigenvalue weighted by Crippen LogP contribution is 2.32. The smallest absolute Gasteiger partial charge is 0.406 e. The number of nitrogens with zero attached hydrogens (tertiary/aromatic N) is 2. The lowest BCUT2D eigenvalue weighted by Crippen LogP contribution is -2.36. The molecule has 1 fully saturated rings. The number of nitrogens with one attached hydrogen (secondary N) is 3. The molecule has 0 radical (unpaired) electrons. The van der Waals surface area contributed by atoms with Crippen molar-refractivity contribution < 1.29 is 27.1 Å². The van der Waals surface area contributed by atoms with E-state index in [1.54, 1.807) is 30.3 Å². The molecule has 0 atom stereocenters. The number of hydrogen-bond donors (Lipinski definition) is 3. The van der Waals surface area contributed by atoms with Crippen LogP contribution in [0.4, 0.5) is 28.9 Å². The third-order valence-corrected chi connectivity index (χ3v) is 7.46. The molecule has 1 aromatic heterocycles. The number of alkyl halides is 4. The Hall–Kier alpha value is -3.91. The fraction of sp³-hybridized carbons (Fsp3) is 0.452. The summed E-state index contributed by atoms with van der Waals surface area (Å²) in [4.78, 5) is 14.2. The normalized spacial score (nSPS) is 17.0. The highest BCUT2D eigenvalue weighted by Gasteiger charge is 2.30. The van der Waals surface area contributed by atoms with Crippen molar-refractivity contribution in [1.29, 1.82) is 0 Å². The highest BCUT2D eigenvalue weighted by atomic mass is 19.4. The second-order valence-corrected chi connectivity index (χ2v) is 10.6. The van der Waals surface area contributed by atoms with Gasteiger partial charge in [-0.15, -0.1) is 0 Å². The maximum atomic E-state index is 13.6. The van der Waals surface area contributed by atoms with Crippen LogP contribution >= 0.6 is 0 Å². The van der Waals surface area contributed by atoms with E-state index in [1.807, 2.05) is 6.07 Å². The van der Waals surface area contributed by atoms with Crippen LogP contribution in [0.3, 0.4) is 0 Å². The van der Waals surface area contributed by atoms with E-state index in [9.17, 15) is 22.4 Å². The maximum absolute atomic E-state index is 13.6. The van der Waals surface area contributed by atoms with Crippen molar-refractivity contribution in [2.75, 3.05) is 51.6 Å². The van der Waals surface area contributed by atoms with Gasteiger partial charge in [-0.3, -0.25) is 4.79 Å². The Bertz CT molecular complexity index is 1430. The summed E-state index contributed by atoms with van der Waals surface area (Å²) in [7, 11) is 5.67. The number of halogens is 4. The van der Waals surface area contributed by atoms with Gasteiger partial charge in [0.2, 0.25) is 0 Å². The molecular weight excluding hydrogens is 550 g/mol. The number of rotatable bonds is 10. The van der Waals surface area contributed by atoms with Gasteiger partial charge in [-0.05, 0) is 82.1 Å². The second-order valence-electron chi connectivity index (χ2n) is 10.6. The molecule has 2 aromatic carbocycles. The first-order valence-corrected chi connectivity index (χ1v) is 14.0. The number of carbonyl (C=O) groups excluding carboxylic acids is 1. The largest absolute Gasteiger partial charge is 0.489 e. The molecular formula is C31H37F4N5O2. The molecule has 1 aliphatic rings. The minimum Gasteiger partial charge on any atom is -0.489 e. The van der Waals surface area contributed by atoms with E-state index >= 15 is 0 Å². The average molecular weight is 588 g/mol. The first kappa shape index (κ1) is 31.0. The topological polar surface area (TPSA) is 70.6 Å². The lowest BCUT2D eigenvalue weighted by Gasteiger charge is -2.33. The van der Waals surface area contributed by atoms with Gasteiger partial charge in [0, 0.05) is 35.8 Å². The number of aromatic nitrogens is 1. The van der Waals surface area contributed by atoms with E-state index < -0.39 is 19.4 Å². The van der Waals surface area contributed by atoms with E-state index in [4.69, 9.17) is 4.74 Å². The van der Waals surface area contributed by atoms with Crippen molar-refractivity contribution in [1.82, 2.24) is 14.8 Å². The fourth-order valence-electron chi connectivity index (χ4n) is 5.32. The third-order valence-electron chi connectivity index (χ3n) is 7.46. The van der Waals surface area contributed by atoms with Crippen molar-refractivity contribution >= 4 is 28.2 Å². The molecule has 1 aliphatic carbocycles. The minimum atomic E-state index is -4.43. The molecule has 4 rings (SSSR count). The summed E-state index contributed by atoms with van der Waals surface area (Å²) >= 11 is 0. The number of anilines is 2. The second kappa shape index (κ2) is 13.8. The van der Waals surface area contributed by atoms with Crippen LogP contribution in [0.2, 0.25) is 0 Å². The third kappa shape index (κ3) is 7.88. The minimum absolute atomic E-state index is 0.0824. The first-order chi connectivity index (χ1) is 20.1. The van der Waals surface area contributed by atoms with Crippen LogP contribution in [0.15, 0.2) is 42.5 Å². The highest BCUT2D eigenvalue weighted by molar-refractivity contribution is 5.95. The summed E-state index contributed by atoms with van der Waals surface area (Å²) in [6.07, 6.45) is -0.323. The van der Waals surface area contributed by atoms with Crippen LogP contribution in [0.5, 0.6) is 5.75 Å². The van der Waals surface area contributed by atoms with Crippen LogP contribution in [0.25, 0.3) is 10.9 Å². The predicted molar refractivity (Wildman–Crippen MR) is 158 cm³/mol. The standard InChI is InChI=1S/C31H37F4N5O2/c1-36-30(41)21-9-14-27(29(18-21)42-17-15-32)37-16-5-6-24-19-25-26(38-22-10-12-23(13-11-22)39(2)3)7-4-8-28(25)40(24)20-31(33,34)35/h4,7-9,14,18-19,22-23,37-38H,10-13,15-17,20H2,1-3H3,(H,36,41). The van der Waals surface area contributed by atoms with E-state index in [1.165, 1.54) is 17.7 Å². The maximum Gasteiger partial charge on any atom is 0.406 e. The Balaban J connectivity index is 1.56. The zero-order chi connectivity index (χ0) is 30.3. The molecule has 11 heteroatoms. The molecule has 3 N–H and O–H groups in total. The Labute approximate surface area is 243 Å². The van der Waals surface area contributed by atoms with Crippen LogP contribution in [0.1, 0.15) is 41.7 Å². The summed E-state index contributed by atoms with van der Waals surface area (Å²) in [5, 5.41) is 9.84. The molecule has 0 aliphatic heterocycles. The van der Waals surface area contributed by atoms with Gasteiger partial charge in [-0.1, -0.05) is 12.0 Å². The number of benzene rings is 2. The SMILES string of the molecule is CNC(=O)c1ccc(NCC#Cc2cc3c(NC4CCC(N(C)C)CC4)cccc3n2CC(F)(F)F)c(OCCF)c1. The monoisotopic (exact) mass is 587 g/mol. The molecule has 226 valence electrons.